The van der Waals surface area contributed by atoms with E-state index in [4.69, 9.17) is 7.58 Å². The Bertz CT molecular complexity index is 1150. The van der Waals surface area contributed by atoms with Crippen LogP contribution in [0.4, 0.5) is 4.39 Å². The second-order valence-electron chi connectivity index (χ2n) is 7.70. The van der Waals surface area contributed by atoms with Crippen molar-refractivity contribution in [2.45, 2.75) is 44.6 Å². The molecule has 2 aromatic carbocycles. The topological polar surface area (TPSA) is 54.1 Å². The number of hydroxylamine groups is 1. The lowest BCUT2D eigenvalue weighted by Crippen LogP contribution is -2.21. The van der Waals surface area contributed by atoms with Crippen LogP contribution < -0.4 is 5.48 Å². The van der Waals surface area contributed by atoms with Crippen molar-refractivity contribution in [1.82, 2.24) is 10.5 Å². The van der Waals surface area contributed by atoms with Crippen molar-refractivity contribution >= 4 is 16.8 Å². The van der Waals surface area contributed by atoms with Crippen LogP contribution in [0.5, 0.6) is 0 Å². The highest BCUT2D eigenvalue weighted by Gasteiger charge is 2.33. The summed E-state index contributed by atoms with van der Waals surface area (Å²) < 4.78 is 31.9. The third kappa shape index (κ3) is 2.49. The molecule has 138 valence electrons. The fourth-order valence-corrected chi connectivity index (χ4v) is 4.52. The van der Waals surface area contributed by atoms with E-state index < -0.39 is 12.5 Å². The minimum absolute atomic E-state index is 0.157. The van der Waals surface area contributed by atoms with Crippen LogP contribution in [0.25, 0.3) is 22.2 Å². The number of carbonyl (C=O) groups excluding carboxylic acids is 1. The normalized spacial score (nSPS) is 21.5. The Hall–Kier alpha value is -2.66. The Labute approximate surface area is 159 Å². The molecule has 4 nitrogen and oxygen atoms in total. The van der Waals surface area contributed by atoms with Crippen LogP contribution in [0.3, 0.4) is 0 Å². The summed E-state index contributed by atoms with van der Waals surface area (Å²) in [6.07, 6.45) is 4.14. The van der Waals surface area contributed by atoms with Gasteiger partial charge in [0.1, 0.15) is 12.4 Å². The maximum absolute atomic E-state index is 15.1. The lowest BCUT2D eigenvalue weighted by molar-refractivity contribution is 0.0256. The molecule has 1 aromatic heterocycles. The number of nitrogens with one attached hydrogen (secondary N) is 2. The van der Waals surface area contributed by atoms with Gasteiger partial charge in [-0.25, -0.2) is 9.87 Å². The molecule has 0 bridgehead atoms. The molecule has 0 saturated heterocycles. The summed E-state index contributed by atoms with van der Waals surface area (Å²) in [5, 5.41) is 0.453. The Morgan fingerprint density at radius 3 is 2.81 bits per heavy atom. The van der Waals surface area contributed by atoms with Gasteiger partial charge in [0, 0.05) is 22.0 Å². The van der Waals surface area contributed by atoms with Gasteiger partial charge in [-0.05, 0) is 42.0 Å². The zero-order valence-corrected chi connectivity index (χ0v) is 15.0. The second kappa shape index (κ2) is 5.92. The molecule has 0 radical (unpaired) electrons. The van der Waals surface area contributed by atoms with Crippen molar-refractivity contribution < 1.29 is 16.8 Å². The zero-order valence-electron chi connectivity index (χ0n) is 17.0. The number of halogens is 1. The highest BCUT2D eigenvalue weighted by molar-refractivity contribution is 6.09. The van der Waals surface area contributed by atoms with E-state index in [1.165, 1.54) is 6.07 Å². The predicted octanol–water partition coefficient (Wildman–Crippen LogP) is 4.98. The first kappa shape index (κ1) is 14.4. The van der Waals surface area contributed by atoms with Gasteiger partial charge in [-0.15, -0.1) is 0 Å². The summed E-state index contributed by atoms with van der Waals surface area (Å²) in [7, 11) is 0. The average molecular weight is 366 g/mol. The van der Waals surface area contributed by atoms with Crippen molar-refractivity contribution in [1.29, 1.82) is 0 Å². The summed E-state index contributed by atoms with van der Waals surface area (Å²) in [5.41, 5.74) is 4.76. The van der Waals surface area contributed by atoms with E-state index in [0.29, 0.717) is 33.3 Å². The van der Waals surface area contributed by atoms with Crippen LogP contribution in [-0.2, 0) is 16.8 Å². The van der Waals surface area contributed by atoms with E-state index in [0.717, 1.165) is 25.7 Å². The van der Waals surface area contributed by atoms with Gasteiger partial charge >= 0.3 is 0 Å². The average Bonchev–Trinajstić information content (AvgIpc) is 3.28. The van der Waals surface area contributed by atoms with E-state index in [9.17, 15) is 4.79 Å². The number of amides is 1. The van der Waals surface area contributed by atoms with Gasteiger partial charge in [0.25, 0.3) is 5.91 Å². The Kier molecular flexibility index (Phi) is 3.16. The van der Waals surface area contributed by atoms with Gasteiger partial charge in [-0.1, -0.05) is 38.0 Å². The molecular weight excluding hydrogens is 343 g/mol. The summed E-state index contributed by atoms with van der Waals surface area (Å²) in [6, 6.07) is 10.2. The monoisotopic (exact) mass is 366 g/mol. The molecule has 2 heterocycles. The molecule has 5 heteroatoms. The maximum atomic E-state index is 15.1. The van der Waals surface area contributed by atoms with Gasteiger partial charge in [-0.2, -0.15) is 0 Å². The molecule has 1 saturated carbocycles. The summed E-state index contributed by atoms with van der Waals surface area (Å²) in [6.45, 7) is -0.173. The standard InChI is InChI=1S/C22H21FN2O2/c1-22(9-2-3-10-22)16-8-7-13(11-17(16)23)20-15-12-27-25-21(26)14-5-4-6-18(24-20)19(14)15/h4-8,11,24H,2-3,9-10,12H2,1H3,(H,25,26)/i12D2. The third-order valence-corrected chi connectivity index (χ3v) is 5.98. The van der Waals surface area contributed by atoms with Gasteiger partial charge in [-0.3, -0.25) is 9.63 Å². The van der Waals surface area contributed by atoms with Crippen molar-refractivity contribution in [2.24, 2.45) is 0 Å². The van der Waals surface area contributed by atoms with Crippen LogP contribution in [0.1, 0.15) is 56.8 Å². The number of carbonyl (C=O) groups is 1. The molecule has 0 atom stereocenters. The van der Waals surface area contributed by atoms with E-state index in [-0.39, 0.29) is 16.8 Å². The fraction of sp³-hybridized carbons (Fsp3) is 0.318. The maximum Gasteiger partial charge on any atom is 0.275 e. The molecule has 1 amide bonds. The van der Waals surface area contributed by atoms with Crippen LogP contribution >= 0.6 is 0 Å². The van der Waals surface area contributed by atoms with Crippen molar-refractivity contribution in [2.75, 3.05) is 0 Å². The minimum atomic E-state index is -2.28. The fourth-order valence-electron chi connectivity index (χ4n) is 4.52. The number of hydrogen-bond acceptors (Lipinski definition) is 2. The molecule has 1 fully saturated rings. The molecule has 1 aliphatic heterocycles. The van der Waals surface area contributed by atoms with E-state index in [2.05, 4.69) is 17.4 Å². The summed E-state index contributed by atoms with van der Waals surface area (Å²) in [5.74, 6) is -0.804. The zero-order chi connectivity index (χ0) is 20.4. The van der Waals surface area contributed by atoms with Crippen molar-refractivity contribution in [3.05, 3.63) is 58.9 Å². The Morgan fingerprint density at radius 2 is 2.04 bits per heavy atom. The molecule has 2 aliphatic rings. The number of hydrogen-bond donors (Lipinski definition) is 2. The quantitative estimate of drug-likeness (QED) is 0.672. The molecule has 0 spiro atoms. The van der Waals surface area contributed by atoms with E-state index in [1.54, 1.807) is 18.2 Å². The third-order valence-electron chi connectivity index (χ3n) is 5.98. The largest absolute Gasteiger partial charge is 0.354 e. The van der Waals surface area contributed by atoms with Crippen LogP contribution in [0.15, 0.2) is 36.4 Å². The SMILES string of the molecule is [2H]C1([2H])ONC(=O)c2cccc3[nH]c(-c4ccc(C5(C)CCCC5)c(F)c4)c1c23. The van der Waals surface area contributed by atoms with Crippen LogP contribution in [0.2, 0.25) is 0 Å². The van der Waals surface area contributed by atoms with Crippen LogP contribution in [-0.4, -0.2) is 10.9 Å². The molecule has 0 unspecified atom stereocenters. The van der Waals surface area contributed by atoms with Crippen molar-refractivity contribution in [3.63, 3.8) is 0 Å². The van der Waals surface area contributed by atoms with Gasteiger partial charge in [0.2, 0.25) is 0 Å². The predicted molar refractivity (Wildman–Crippen MR) is 102 cm³/mol. The number of rotatable bonds is 2. The lowest BCUT2D eigenvalue weighted by atomic mass is 9.80. The van der Waals surface area contributed by atoms with E-state index >= 15 is 4.39 Å². The highest BCUT2D eigenvalue weighted by Crippen LogP contribution is 2.43. The first-order valence-electron chi connectivity index (χ1n) is 10.2. The Balaban J connectivity index is 1.72. The lowest BCUT2D eigenvalue weighted by Gasteiger charge is -2.25. The van der Waals surface area contributed by atoms with E-state index in [1.807, 2.05) is 12.1 Å². The van der Waals surface area contributed by atoms with Gasteiger partial charge in [0.15, 0.2) is 0 Å². The minimum Gasteiger partial charge on any atom is -0.354 e. The molecule has 3 aromatic rings. The van der Waals surface area contributed by atoms with Crippen molar-refractivity contribution in [3.8, 4) is 11.3 Å². The number of aromatic nitrogens is 1. The second-order valence-corrected chi connectivity index (χ2v) is 7.70. The Morgan fingerprint density at radius 1 is 1.22 bits per heavy atom. The molecule has 2 N–H and O–H groups in total. The number of aromatic amines is 1. The first-order valence-corrected chi connectivity index (χ1v) is 9.24. The summed E-state index contributed by atoms with van der Waals surface area (Å²) in [4.78, 5) is 20.6. The molecule has 1 aliphatic carbocycles. The number of benzene rings is 2. The smallest absolute Gasteiger partial charge is 0.275 e. The molecule has 27 heavy (non-hydrogen) atoms. The van der Waals surface area contributed by atoms with Crippen LogP contribution in [0, 0.1) is 5.82 Å². The van der Waals surface area contributed by atoms with Gasteiger partial charge in [0.05, 0.1) is 14.0 Å². The van der Waals surface area contributed by atoms with Gasteiger partial charge < -0.3 is 4.98 Å². The first-order chi connectivity index (χ1) is 13.8. The number of H-pyrrole nitrogens is 1. The highest BCUT2D eigenvalue weighted by atomic mass is 19.1. The molecular formula is C22H21FN2O2. The molecule has 5 rings (SSSR count). The summed E-state index contributed by atoms with van der Waals surface area (Å²) >= 11 is 0.